The number of methoxy groups -OCH3 is 1. The number of carbonyl (C=O) groups excluding carboxylic acids is 4. The largest absolute Gasteiger partial charge is 0.467 e. The molecule has 10 nitrogen and oxygen atoms in total. The molecule has 10 heteroatoms. The summed E-state index contributed by atoms with van der Waals surface area (Å²) in [6.07, 6.45) is -0.0916. The van der Waals surface area contributed by atoms with Gasteiger partial charge in [0.1, 0.15) is 18.2 Å². The molecule has 138 valence electrons. The van der Waals surface area contributed by atoms with E-state index in [1.54, 1.807) is 20.8 Å². The van der Waals surface area contributed by atoms with E-state index >= 15 is 0 Å². The summed E-state index contributed by atoms with van der Waals surface area (Å²) in [4.78, 5) is 45.5. The van der Waals surface area contributed by atoms with Gasteiger partial charge in [0.25, 0.3) is 0 Å². The first-order valence-electron chi connectivity index (χ1n) is 7.42. The van der Waals surface area contributed by atoms with Crippen LogP contribution in [0.25, 0.3) is 0 Å². The van der Waals surface area contributed by atoms with Gasteiger partial charge in [-0.15, -0.1) is 0 Å². The number of ether oxygens (including phenoxy) is 2. The maximum Gasteiger partial charge on any atom is 0.408 e. The highest BCUT2D eigenvalue weighted by molar-refractivity contribution is 5.87. The third-order valence-corrected chi connectivity index (χ3v) is 2.58. The average molecular weight is 346 g/mol. The number of urea groups is 1. The molecule has 0 saturated heterocycles. The van der Waals surface area contributed by atoms with Crippen LogP contribution in [0, 0.1) is 0 Å². The van der Waals surface area contributed by atoms with Crippen LogP contribution in [0.3, 0.4) is 0 Å². The average Bonchev–Trinajstić information content (AvgIpc) is 2.45. The zero-order valence-electron chi connectivity index (χ0n) is 14.4. The summed E-state index contributed by atoms with van der Waals surface area (Å²) in [5, 5.41) is 7.10. The number of amides is 4. The van der Waals surface area contributed by atoms with E-state index in [1.807, 2.05) is 0 Å². The van der Waals surface area contributed by atoms with Crippen molar-refractivity contribution in [3.63, 3.8) is 0 Å². The van der Waals surface area contributed by atoms with Crippen LogP contribution in [0.2, 0.25) is 0 Å². The van der Waals surface area contributed by atoms with Crippen molar-refractivity contribution >= 4 is 24.0 Å². The number of nitrogens with two attached hydrogens (primary N) is 1. The summed E-state index contributed by atoms with van der Waals surface area (Å²) >= 11 is 0. The first-order chi connectivity index (χ1) is 11.0. The third kappa shape index (κ3) is 11.1. The van der Waals surface area contributed by atoms with Crippen molar-refractivity contribution in [2.75, 3.05) is 20.2 Å². The number of carbonyl (C=O) groups is 4. The van der Waals surface area contributed by atoms with Gasteiger partial charge < -0.3 is 31.2 Å². The van der Waals surface area contributed by atoms with E-state index in [0.717, 1.165) is 0 Å². The third-order valence-electron chi connectivity index (χ3n) is 2.58. The topological polar surface area (TPSA) is 149 Å². The van der Waals surface area contributed by atoms with Gasteiger partial charge in [-0.25, -0.2) is 14.4 Å². The number of hydrogen-bond acceptors (Lipinski definition) is 6. The molecule has 0 fully saturated rings. The van der Waals surface area contributed by atoms with E-state index in [1.165, 1.54) is 7.11 Å². The SMILES string of the molecule is COC(=O)[C@H](CCCNC(N)=O)NC(=O)CNC(=O)OC(C)(C)C. The maximum absolute atomic E-state index is 11.8. The molecule has 0 radical (unpaired) electrons. The van der Waals surface area contributed by atoms with E-state index in [9.17, 15) is 19.2 Å². The molecule has 0 aliphatic rings. The molecule has 0 aromatic carbocycles. The predicted molar refractivity (Wildman–Crippen MR) is 85.0 cm³/mol. The first-order valence-corrected chi connectivity index (χ1v) is 7.42. The fraction of sp³-hybridized carbons (Fsp3) is 0.714. The van der Waals surface area contributed by atoms with Crippen LogP contribution in [-0.2, 0) is 19.1 Å². The van der Waals surface area contributed by atoms with E-state index < -0.39 is 35.6 Å². The highest BCUT2D eigenvalue weighted by Crippen LogP contribution is 2.06. The van der Waals surface area contributed by atoms with Gasteiger partial charge in [-0.3, -0.25) is 4.79 Å². The molecular formula is C14H26N4O6. The normalized spacial score (nSPS) is 11.8. The lowest BCUT2D eigenvalue weighted by atomic mass is 10.1. The minimum Gasteiger partial charge on any atom is -0.467 e. The van der Waals surface area contributed by atoms with E-state index in [4.69, 9.17) is 10.5 Å². The molecule has 0 aromatic heterocycles. The van der Waals surface area contributed by atoms with Gasteiger partial charge in [0.2, 0.25) is 5.91 Å². The monoisotopic (exact) mass is 346 g/mol. The summed E-state index contributed by atoms with van der Waals surface area (Å²) in [6.45, 7) is 5.00. The summed E-state index contributed by atoms with van der Waals surface area (Å²) in [6, 6.07) is -1.56. The van der Waals surface area contributed by atoms with Gasteiger partial charge in [-0.05, 0) is 33.6 Å². The number of esters is 1. The Morgan fingerprint density at radius 2 is 1.75 bits per heavy atom. The Morgan fingerprint density at radius 3 is 2.25 bits per heavy atom. The van der Waals surface area contributed by atoms with Crippen LogP contribution < -0.4 is 21.7 Å². The maximum atomic E-state index is 11.8. The second-order valence-electron chi connectivity index (χ2n) is 5.93. The second-order valence-corrected chi connectivity index (χ2v) is 5.93. The number of rotatable bonds is 8. The van der Waals surface area contributed by atoms with E-state index in [-0.39, 0.29) is 19.5 Å². The Kier molecular flexibility index (Phi) is 9.21. The Hall–Kier alpha value is -2.52. The van der Waals surface area contributed by atoms with Gasteiger partial charge in [0.05, 0.1) is 7.11 Å². The van der Waals surface area contributed by atoms with Crippen molar-refractivity contribution in [3.05, 3.63) is 0 Å². The van der Waals surface area contributed by atoms with Crippen molar-refractivity contribution in [1.82, 2.24) is 16.0 Å². The van der Waals surface area contributed by atoms with Gasteiger partial charge in [0.15, 0.2) is 0 Å². The molecule has 0 unspecified atom stereocenters. The predicted octanol–water partition coefficient (Wildman–Crippen LogP) is -0.383. The molecule has 5 N–H and O–H groups in total. The molecule has 1 atom stereocenters. The molecular weight excluding hydrogens is 320 g/mol. The fourth-order valence-corrected chi connectivity index (χ4v) is 1.62. The molecule has 0 heterocycles. The summed E-state index contributed by atoms with van der Waals surface area (Å²) in [7, 11) is 1.20. The van der Waals surface area contributed by atoms with Crippen molar-refractivity contribution in [2.24, 2.45) is 5.73 Å². The smallest absolute Gasteiger partial charge is 0.408 e. The summed E-state index contributed by atoms with van der Waals surface area (Å²) in [5.74, 6) is -1.20. The van der Waals surface area contributed by atoms with Crippen LogP contribution >= 0.6 is 0 Å². The minimum absolute atomic E-state index is 0.241. The van der Waals surface area contributed by atoms with E-state index in [2.05, 4.69) is 20.7 Å². The number of nitrogens with one attached hydrogen (secondary N) is 3. The van der Waals surface area contributed by atoms with Crippen LogP contribution in [0.1, 0.15) is 33.6 Å². The van der Waals surface area contributed by atoms with Crippen LogP contribution in [-0.4, -0.2) is 55.8 Å². The quantitative estimate of drug-likeness (QED) is 0.347. The second kappa shape index (κ2) is 10.3. The highest BCUT2D eigenvalue weighted by atomic mass is 16.6. The van der Waals surface area contributed by atoms with Gasteiger partial charge in [0, 0.05) is 6.54 Å². The van der Waals surface area contributed by atoms with Gasteiger partial charge in [-0.2, -0.15) is 0 Å². The Labute approximate surface area is 140 Å². The number of alkyl carbamates (subject to hydrolysis) is 1. The fourth-order valence-electron chi connectivity index (χ4n) is 1.62. The summed E-state index contributed by atoms with van der Waals surface area (Å²) in [5.41, 5.74) is 4.25. The zero-order chi connectivity index (χ0) is 18.8. The van der Waals surface area contributed by atoms with Gasteiger partial charge >= 0.3 is 18.1 Å². The Morgan fingerprint density at radius 1 is 1.12 bits per heavy atom. The lowest BCUT2D eigenvalue weighted by Gasteiger charge is -2.20. The van der Waals surface area contributed by atoms with Crippen LogP contribution in [0.15, 0.2) is 0 Å². The Balaban J connectivity index is 4.31. The van der Waals surface area contributed by atoms with Gasteiger partial charge in [-0.1, -0.05) is 0 Å². The zero-order valence-corrected chi connectivity index (χ0v) is 14.4. The number of primary amides is 1. The van der Waals surface area contributed by atoms with Crippen molar-refractivity contribution < 1.29 is 28.7 Å². The molecule has 0 aliphatic heterocycles. The van der Waals surface area contributed by atoms with Crippen LogP contribution in [0.4, 0.5) is 9.59 Å². The van der Waals surface area contributed by atoms with E-state index in [0.29, 0.717) is 6.42 Å². The lowest BCUT2D eigenvalue weighted by molar-refractivity contribution is -0.145. The van der Waals surface area contributed by atoms with Crippen LogP contribution in [0.5, 0.6) is 0 Å². The first kappa shape index (κ1) is 21.5. The molecule has 24 heavy (non-hydrogen) atoms. The van der Waals surface area contributed by atoms with Crippen molar-refractivity contribution in [1.29, 1.82) is 0 Å². The Bertz CT molecular complexity index is 461. The molecule has 0 aliphatic carbocycles. The van der Waals surface area contributed by atoms with Crippen molar-refractivity contribution in [3.8, 4) is 0 Å². The van der Waals surface area contributed by atoms with Crippen molar-refractivity contribution in [2.45, 2.75) is 45.3 Å². The minimum atomic E-state index is -0.891. The molecule has 0 spiro atoms. The molecule has 0 aromatic rings. The summed E-state index contributed by atoms with van der Waals surface area (Å²) < 4.78 is 9.59. The molecule has 4 amide bonds. The molecule has 0 saturated carbocycles. The molecule has 0 bridgehead atoms. The highest BCUT2D eigenvalue weighted by Gasteiger charge is 2.22. The lowest BCUT2D eigenvalue weighted by Crippen LogP contribution is -2.47. The standard InChI is InChI=1S/C14H26N4O6/c1-14(2,3)24-13(22)17-8-10(19)18-9(11(20)23-4)6-5-7-16-12(15)21/h9H,5-8H2,1-4H3,(H,17,22)(H,18,19)(H3,15,16,21)/t9-/m0/s1. The molecule has 0 rings (SSSR count). The number of hydrogen-bond donors (Lipinski definition) is 4.